The highest BCUT2D eigenvalue weighted by Gasteiger charge is 2.29. The van der Waals surface area contributed by atoms with Crippen LogP contribution in [0.1, 0.15) is 18.6 Å². The first-order chi connectivity index (χ1) is 9.69. The summed E-state index contributed by atoms with van der Waals surface area (Å²) >= 11 is 0. The third-order valence-corrected chi connectivity index (χ3v) is 3.74. The Morgan fingerprint density at radius 2 is 2.20 bits per heavy atom. The van der Waals surface area contributed by atoms with Crippen LogP contribution in [0.3, 0.4) is 0 Å². The summed E-state index contributed by atoms with van der Waals surface area (Å²) in [7, 11) is 3.19. The number of ether oxygens (including phenoxy) is 3. The number of hydrogen-bond acceptors (Lipinski definition) is 5. The van der Waals surface area contributed by atoms with Crippen molar-refractivity contribution in [3.8, 4) is 11.5 Å². The molecule has 1 saturated heterocycles. The molecule has 1 heterocycles. The van der Waals surface area contributed by atoms with E-state index in [4.69, 9.17) is 14.2 Å². The molecule has 1 N–H and O–H groups in total. The quantitative estimate of drug-likeness (QED) is 0.885. The zero-order valence-electron chi connectivity index (χ0n) is 12.3. The molecule has 0 aliphatic carbocycles. The summed E-state index contributed by atoms with van der Waals surface area (Å²) in [6.45, 7) is 5.37. The summed E-state index contributed by atoms with van der Waals surface area (Å²) < 4.78 is 16.2. The van der Waals surface area contributed by atoms with Crippen molar-refractivity contribution in [1.82, 2.24) is 4.90 Å². The highest BCUT2D eigenvalue weighted by atomic mass is 16.5. The minimum absolute atomic E-state index is 0.231. The molecule has 0 radical (unpaired) electrons. The zero-order chi connectivity index (χ0) is 14.5. The number of rotatable bonds is 5. The van der Waals surface area contributed by atoms with Gasteiger partial charge in [-0.15, -0.1) is 0 Å². The topological polar surface area (TPSA) is 51.2 Å². The zero-order valence-corrected chi connectivity index (χ0v) is 12.3. The lowest BCUT2D eigenvalue weighted by Crippen LogP contribution is -2.44. The van der Waals surface area contributed by atoms with Gasteiger partial charge in [-0.3, -0.25) is 4.90 Å². The summed E-state index contributed by atoms with van der Waals surface area (Å²) in [5.41, 5.74) is 0.733. The lowest BCUT2D eigenvalue weighted by Gasteiger charge is -2.35. The van der Waals surface area contributed by atoms with E-state index >= 15 is 0 Å². The van der Waals surface area contributed by atoms with Crippen LogP contribution in [0, 0.1) is 0 Å². The maximum atomic E-state index is 10.6. The van der Waals surface area contributed by atoms with E-state index in [1.165, 1.54) is 0 Å². The molecule has 1 aromatic carbocycles. The van der Waals surface area contributed by atoms with E-state index in [0.29, 0.717) is 18.1 Å². The van der Waals surface area contributed by atoms with Crippen LogP contribution in [0.25, 0.3) is 0 Å². The summed E-state index contributed by atoms with van der Waals surface area (Å²) in [6, 6.07) is 5.43. The maximum Gasteiger partial charge on any atom is 0.128 e. The summed E-state index contributed by atoms with van der Waals surface area (Å²) in [5, 5.41) is 10.6. The van der Waals surface area contributed by atoms with Crippen molar-refractivity contribution in [2.24, 2.45) is 0 Å². The minimum atomic E-state index is -0.704. The minimum Gasteiger partial charge on any atom is -0.497 e. The van der Waals surface area contributed by atoms with Gasteiger partial charge in [0.2, 0.25) is 0 Å². The third kappa shape index (κ3) is 3.23. The van der Waals surface area contributed by atoms with Gasteiger partial charge in [0.15, 0.2) is 0 Å². The van der Waals surface area contributed by atoms with Gasteiger partial charge in [0, 0.05) is 24.7 Å². The molecule has 1 aliphatic rings. The second-order valence-electron chi connectivity index (χ2n) is 4.86. The Hall–Kier alpha value is -1.30. The first-order valence-corrected chi connectivity index (χ1v) is 6.93. The van der Waals surface area contributed by atoms with E-state index in [9.17, 15) is 5.11 Å². The predicted octanol–water partition coefficient (Wildman–Crippen LogP) is 1.46. The number of aliphatic hydroxyl groups is 1. The molecule has 5 nitrogen and oxygen atoms in total. The van der Waals surface area contributed by atoms with E-state index in [0.717, 1.165) is 25.2 Å². The number of hydrogen-bond donors (Lipinski definition) is 1. The Balaban J connectivity index is 2.17. The molecule has 0 aromatic heterocycles. The number of methoxy groups -OCH3 is 2. The molecular weight excluding hydrogens is 258 g/mol. The van der Waals surface area contributed by atoms with E-state index < -0.39 is 6.10 Å². The monoisotopic (exact) mass is 281 g/mol. The summed E-state index contributed by atoms with van der Waals surface area (Å²) in [4.78, 5) is 2.27. The molecule has 20 heavy (non-hydrogen) atoms. The predicted molar refractivity (Wildman–Crippen MR) is 76.4 cm³/mol. The summed E-state index contributed by atoms with van der Waals surface area (Å²) in [5.74, 6) is 1.33. The van der Waals surface area contributed by atoms with Crippen LogP contribution >= 0.6 is 0 Å². The van der Waals surface area contributed by atoms with E-state index in [-0.39, 0.29) is 6.10 Å². The van der Waals surface area contributed by atoms with Crippen LogP contribution in [-0.2, 0) is 4.74 Å². The maximum absolute atomic E-state index is 10.6. The van der Waals surface area contributed by atoms with Crippen molar-refractivity contribution in [3.63, 3.8) is 0 Å². The van der Waals surface area contributed by atoms with Gasteiger partial charge >= 0.3 is 0 Å². The van der Waals surface area contributed by atoms with E-state index in [2.05, 4.69) is 11.8 Å². The third-order valence-electron chi connectivity index (χ3n) is 3.74. The first-order valence-electron chi connectivity index (χ1n) is 6.93. The molecule has 5 heteroatoms. The van der Waals surface area contributed by atoms with E-state index in [1.54, 1.807) is 20.3 Å². The molecule has 2 atom stereocenters. The normalized spacial score (nSPS) is 21.5. The molecule has 1 fully saturated rings. The van der Waals surface area contributed by atoms with Gasteiger partial charge in [0.05, 0.1) is 20.8 Å². The molecule has 0 amide bonds. The standard InChI is InChI=1S/C15H23NO4/c1-4-16-7-8-20-14(10-16)15(17)12-6-5-11(18-2)9-13(12)19-3/h5-6,9,14-15,17H,4,7-8,10H2,1-3H3. The van der Waals surface area contributed by atoms with Gasteiger partial charge in [-0.25, -0.2) is 0 Å². The van der Waals surface area contributed by atoms with Gasteiger partial charge in [0.25, 0.3) is 0 Å². The fourth-order valence-electron chi connectivity index (χ4n) is 2.47. The van der Waals surface area contributed by atoms with Gasteiger partial charge < -0.3 is 19.3 Å². The summed E-state index contributed by atoms with van der Waals surface area (Å²) in [6.07, 6.45) is -0.934. The first kappa shape index (κ1) is 15.1. The molecule has 1 aliphatic heterocycles. The fourth-order valence-corrected chi connectivity index (χ4v) is 2.47. The number of benzene rings is 1. The molecule has 2 unspecified atom stereocenters. The molecule has 2 rings (SSSR count). The second-order valence-corrected chi connectivity index (χ2v) is 4.86. The number of likely N-dealkylation sites (N-methyl/N-ethyl adjacent to an activating group) is 1. The number of nitrogens with zero attached hydrogens (tertiary/aromatic N) is 1. The molecule has 1 aromatic rings. The van der Waals surface area contributed by atoms with Crippen LogP contribution < -0.4 is 9.47 Å². The lowest BCUT2D eigenvalue weighted by molar-refractivity contribution is -0.0893. The van der Waals surface area contributed by atoms with Crippen molar-refractivity contribution in [2.45, 2.75) is 19.1 Å². The highest BCUT2D eigenvalue weighted by molar-refractivity contribution is 5.42. The molecular formula is C15H23NO4. The Morgan fingerprint density at radius 1 is 1.40 bits per heavy atom. The Bertz CT molecular complexity index is 438. The Morgan fingerprint density at radius 3 is 2.85 bits per heavy atom. The van der Waals surface area contributed by atoms with Crippen molar-refractivity contribution >= 4 is 0 Å². The van der Waals surface area contributed by atoms with Crippen LogP contribution in [0.15, 0.2) is 18.2 Å². The Kier molecular flexibility index (Phi) is 5.23. The van der Waals surface area contributed by atoms with Gasteiger partial charge in [-0.1, -0.05) is 6.92 Å². The molecule has 0 saturated carbocycles. The Labute approximate surface area is 120 Å². The average Bonchev–Trinajstić information content (AvgIpc) is 2.53. The largest absolute Gasteiger partial charge is 0.497 e. The van der Waals surface area contributed by atoms with Gasteiger partial charge in [0.1, 0.15) is 23.7 Å². The van der Waals surface area contributed by atoms with Crippen LogP contribution in [0.5, 0.6) is 11.5 Å². The van der Waals surface area contributed by atoms with Crippen molar-refractivity contribution < 1.29 is 19.3 Å². The lowest BCUT2D eigenvalue weighted by atomic mass is 10.0. The van der Waals surface area contributed by atoms with Crippen LogP contribution in [0.2, 0.25) is 0 Å². The average molecular weight is 281 g/mol. The second kappa shape index (κ2) is 6.92. The van der Waals surface area contributed by atoms with Gasteiger partial charge in [-0.05, 0) is 18.7 Å². The van der Waals surface area contributed by atoms with Crippen molar-refractivity contribution in [3.05, 3.63) is 23.8 Å². The molecule has 0 spiro atoms. The van der Waals surface area contributed by atoms with Crippen LogP contribution in [0.4, 0.5) is 0 Å². The van der Waals surface area contributed by atoms with Crippen molar-refractivity contribution in [2.75, 3.05) is 40.5 Å². The highest BCUT2D eigenvalue weighted by Crippen LogP contribution is 2.32. The van der Waals surface area contributed by atoms with E-state index in [1.807, 2.05) is 12.1 Å². The molecule has 0 bridgehead atoms. The van der Waals surface area contributed by atoms with Crippen LogP contribution in [-0.4, -0.2) is 56.6 Å². The fraction of sp³-hybridized carbons (Fsp3) is 0.600. The SMILES string of the molecule is CCN1CCOC(C(O)c2ccc(OC)cc2OC)C1. The van der Waals surface area contributed by atoms with Gasteiger partial charge in [-0.2, -0.15) is 0 Å². The van der Waals surface area contributed by atoms with Crippen molar-refractivity contribution in [1.29, 1.82) is 0 Å². The molecule has 112 valence electrons. The smallest absolute Gasteiger partial charge is 0.128 e. The number of morpholine rings is 1. The number of aliphatic hydroxyl groups excluding tert-OH is 1.